The van der Waals surface area contributed by atoms with E-state index in [1.54, 1.807) is 20.2 Å². The zero-order valence-electron chi connectivity index (χ0n) is 20.8. The molecule has 1 aliphatic carbocycles. The van der Waals surface area contributed by atoms with E-state index >= 15 is 0 Å². The van der Waals surface area contributed by atoms with Crippen molar-refractivity contribution in [2.75, 3.05) is 5.32 Å². The van der Waals surface area contributed by atoms with Crippen LogP contribution in [0.15, 0.2) is 18.3 Å². The lowest BCUT2D eigenvalue weighted by Gasteiger charge is -2.17. The van der Waals surface area contributed by atoms with Crippen LogP contribution >= 0.6 is 11.3 Å². The maximum Gasteiger partial charge on any atom is 0.435 e. The first kappa shape index (κ1) is 26.7. The molecule has 0 radical (unpaired) electrons. The molecule has 0 bridgehead atoms. The zero-order chi connectivity index (χ0) is 28.4. The molecule has 2 amide bonds. The SMILES string of the molecule is Cc1nn(C)cc1-c1cc(C(F)F)nc2sc(C(N)=O)c(NC(=O)C(C)n3nc(C(F)(F)F)cc3C3CC3)c12. The van der Waals surface area contributed by atoms with Crippen LogP contribution in [-0.2, 0) is 18.0 Å². The predicted octanol–water partition coefficient (Wildman–Crippen LogP) is 5.33. The lowest BCUT2D eigenvalue weighted by molar-refractivity contribution is -0.141. The lowest BCUT2D eigenvalue weighted by Crippen LogP contribution is -2.27. The molecule has 39 heavy (non-hydrogen) atoms. The average molecular weight is 568 g/mol. The van der Waals surface area contributed by atoms with Gasteiger partial charge in [-0.15, -0.1) is 11.3 Å². The van der Waals surface area contributed by atoms with Gasteiger partial charge in [-0.3, -0.25) is 19.0 Å². The molecule has 1 aliphatic rings. The van der Waals surface area contributed by atoms with Crippen LogP contribution in [0.4, 0.5) is 27.6 Å². The van der Waals surface area contributed by atoms with Crippen molar-refractivity contribution in [2.45, 2.75) is 51.3 Å². The van der Waals surface area contributed by atoms with Crippen LogP contribution in [-0.4, -0.2) is 36.4 Å². The highest BCUT2D eigenvalue weighted by atomic mass is 32.1. The number of nitrogens with two attached hydrogens (primary N) is 1. The second kappa shape index (κ2) is 9.39. The number of primary amides is 1. The minimum absolute atomic E-state index is 0.0277. The number of pyridine rings is 1. The van der Waals surface area contributed by atoms with Gasteiger partial charge in [-0.1, -0.05) is 0 Å². The number of aromatic nitrogens is 5. The van der Waals surface area contributed by atoms with Crippen LogP contribution in [0.25, 0.3) is 21.3 Å². The molecule has 0 aromatic carbocycles. The smallest absolute Gasteiger partial charge is 0.365 e. The Balaban J connectivity index is 1.64. The van der Waals surface area contributed by atoms with Gasteiger partial charge in [0.2, 0.25) is 5.91 Å². The fourth-order valence-corrected chi connectivity index (χ4v) is 5.49. The number of amides is 2. The molecule has 1 saturated carbocycles. The number of alkyl halides is 5. The summed E-state index contributed by atoms with van der Waals surface area (Å²) in [6.07, 6.45) is -4.68. The molecule has 9 nitrogen and oxygen atoms in total. The second-order valence-electron chi connectivity index (χ2n) is 9.38. The van der Waals surface area contributed by atoms with Crippen LogP contribution < -0.4 is 11.1 Å². The molecule has 3 N–H and O–H groups in total. The molecular weight excluding hydrogens is 545 g/mol. The molecule has 4 heterocycles. The van der Waals surface area contributed by atoms with Crippen LogP contribution in [0.2, 0.25) is 0 Å². The van der Waals surface area contributed by atoms with E-state index in [0.717, 1.165) is 28.2 Å². The Kier molecular flexibility index (Phi) is 6.44. The van der Waals surface area contributed by atoms with E-state index in [2.05, 4.69) is 20.5 Å². The van der Waals surface area contributed by atoms with Gasteiger partial charge in [0.1, 0.15) is 21.4 Å². The molecule has 4 aromatic rings. The average Bonchev–Trinajstić information content (AvgIpc) is 3.33. The Morgan fingerprint density at radius 1 is 1.18 bits per heavy atom. The number of carbonyl (C=O) groups is 2. The summed E-state index contributed by atoms with van der Waals surface area (Å²) < 4.78 is 70.1. The third kappa shape index (κ3) is 4.86. The molecular formula is C24H22F5N7O2S. The lowest BCUT2D eigenvalue weighted by atomic mass is 10.0. The maximum absolute atomic E-state index is 13.7. The Hall–Kier alpha value is -3.88. The fraction of sp³-hybridized carbons (Fsp3) is 0.375. The van der Waals surface area contributed by atoms with Crippen molar-refractivity contribution < 1.29 is 31.5 Å². The van der Waals surface area contributed by atoms with Crippen molar-refractivity contribution in [2.24, 2.45) is 12.8 Å². The number of aryl methyl sites for hydroxylation is 2. The van der Waals surface area contributed by atoms with E-state index in [0.29, 0.717) is 24.1 Å². The molecule has 206 valence electrons. The number of hydrogen-bond donors (Lipinski definition) is 2. The van der Waals surface area contributed by atoms with Crippen LogP contribution in [0.1, 0.15) is 70.6 Å². The van der Waals surface area contributed by atoms with Crippen LogP contribution in [0.3, 0.4) is 0 Å². The minimum atomic E-state index is -4.70. The molecule has 1 fully saturated rings. The summed E-state index contributed by atoms with van der Waals surface area (Å²) >= 11 is 0.728. The van der Waals surface area contributed by atoms with Crippen molar-refractivity contribution >= 4 is 39.1 Å². The van der Waals surface area contributed by atoms with Gasteiger partial charge in [0.15, 0.2) is 5.69 Å². The summed E-state index contributed by atoms with van der Waals surface area (Å²) in [5.41, 5.74) is 5.32. The maximum atomic E-state index is 13.7. The summed E-state index contributed by atoms with van der Waals surface area (Å²) in [5, 5.41) is 10.7. The third-order valence-electron chi connectivity index (χ3n) is 6.48. The molecule has 4 aromatic heterocycles. The van der Waals surface area contributed by atoms with Crippen molar-refractivity contribution in [3.63, 3.8) is 0 Å². The van der Waals surface area contributed by atoms with E-state index in [1.165, 1.54) is 11.6 Å². The Morgan fingerprint density at radius 3 is 2.41 bits per heavy atom. The summed E-state index contributed by atoms with van der Waals surface area (Å²) in [4.78, 5) is 29.6. The van der Waals surface area contributed by atoms with Crippen molar-refractivity contribution in [1.82, 2.24) is 24.5 Å². The first-order valence-corrected chi connectivity index (χ1v) is 12.6. The molecule has 0 spiro atoms. The predicted molar refractivity (Wildman–Crippen MR) is 133 cm³/mol. The summed E-state index contributed by atoms with van der Waals surface area (Å²) in [5.74, 6) is -1.86. The Morgan fingerprint density at radius 2 is 1.87 bits per heavy atom. The highest BCUT2D eigenvalue weighted by Crippen LogP contribution is 2.45. The first-order valence-electron chi connectivity index (χ1n) is 11.8. The number of carbonyl (C=O) groups excluding carboxylic acids is 2. The monoisotopic (exact) mass is 567 g/mol. The van der Waals surface area contributed by atoms with Gasteiger partial charge in [-0.2, -0.15) is 23.4 Å². The van der Waals surface area contributed by atoms with Gasteiger partial charge in [0.05, 0.1) is 11.4 Å². The number of rotatable bonds is 7. The largest absolute Gasteiger partial charge is 0.435 e. The van der Waals surface area contributed by atoms with E-state index < -0.39 is 41.8 Å². The van der Waals surface area contributed by atoms with Gasteiger partial charge in [0, 0.05) is 35.8 Å². The number of nitrogens with one attached hydrogen (secondary N) is 1. The standard InChI is InChI=1S/C24H22F5N7O2S/c1-9-13(8-35(3)33-9)12-6-14(20(25)26)31-23-17(12)18(19(39-23)21(30)37)32-22(38)10(2)36-15(11-4-5-11)7-16(34-36)24(27,28)29/h6-8,10-11,20H,4-5H2,1-3H3,(H2,30,37)(H,32,38). The minimum Gasteiger partial charge on any atom is -0.365 e. The highest BCUT2D eigenvalue weighted by Gasteiger charge is 2.39. The summed E-state index contributed by atoms with van der Waals surface area (Å²) in [7, 11) is 1.65. The molecule has 0 saturated heterocycles. The third-order valence-corrected chi connectivity index (χ3v) is 7.58. The number of hydrogen-bond acceptors (Lipinski definition) is 6. The van der Waals surface area contributed by atoms with E-state index in [-0.39, 0.29) is 38.0 Å². The van der Waals surface area contributed by atoms with Crippen molar-refractivity contribution in [1.29, 1.82) is 0 Å². The van der Waals surface area contributed by atoms with Crippen molar-refractivity contribution in [3.8, 4) is 11.1 Å². The molecule has 1 atom stereocenters. The number of anilines is 1. The zero-order valence-corrected chi connectivity index (χ0v) is 21.6. The topological polar surface area (TPSA) is 121 Å². The van der Waals surface area contributed by atoms with E-state index in [1.807, 2.05) is 0 Å². The molecule has 0 aliphatic heterocycles. The number of halogens is 5. The highest BCUT2D eigenvalue weighted by molar-refractivity contribution is 7.21. The van der Waals surface area contributed by atoms with Crippen molar-refractivity contribution in [3.05, 3.63) is 46.0 Å². The number of fused-ring (bicyclic) bond motifs is 1. The van der Waals surface area contributed by atoms with Gasteiger partial charge in [-0.25, -0.2) is 13.8 Å². The molecule has 1 unspecified atom stereocenters. The van der Waals surface area contributed by atoms with Gasteiger partial charge < -0.3 is 11.1 Å². The quantitative estimate of drug-likeness (QED) is 0.292. The molecule has 15 heteroatoms. The number of thiophene rings is 1. The van der Waals surface area contributed by atoms with Gasteiger partial charge in [0.25, 0.3) is 12.3 Å². The summed E-state index contributed by atoms with van der Waals surface area (Å²) in [6.45, 7) is 3.05. The van der Waals surface area contributed by atoms with Gasteiger partial charge >= 0.3 is 6.18 Å². The van der Waals surface area contributed by atoms with Gasteiger partial charge in [-0.05, 0) is 44.4 Å². The number of nitrogens with zero attached hydrogens (tertiary/aromatic N) is 5. The van der Waals surface area contributed by atoms with Crippen LogP contribution in [0.5, 0.6) is 0 Å². The summed E-state index contributed by atoms with van der Waals surface area (Å²) in [6, 6.07) is 0.890. The second-order valence-corrected chi connectivity index (χ2v) is 10.4. The fourth-order valence-electron chi connectivity index (χ4n) is 4.48. The Bertz CT molecular complexity index is 1620. The Labute approximate surface area is 221 Å². The van der Waals surface area contributed by atoms with E-state index in [9.17, 15) is 31.5 Å². The first-order chi connectivity index (χ1) is 18.3. The van der Waals surface area contributed by atoms with E-state index in [4.69, 9.17) is 5.73 Å². The molecule has 5 rings (SSSR count). The van der Waals surface area contributed by atoms with Crippen LogP contribution in [0, 0.1) is 6.92 Å². The normalized spacial score (nSPS) is 14.8.